The Labute approximate surface area is 112 Å². The van der Waals surface area contributed by atoms with Gasteiger partial charge in [-0.1, -0.05) is 23.8 Å². The third kappa shape index (κ3) is 3.58. The molecule has 0 spiro atoms. The van der Waals surface area contributed by atoms with Crippen molar-refractivity contribution >= 4 is 11.6 Å². The molecule has 0 fully saturated rings. The van der Waals surface area contributed by atoms with E-state index in [2.05, 4.69) is 42.5 Å². The van der Waals surface area contributed by atoms with Crippen LogP contribution in [0, 0.1) is 13.8 Å². The van der Waals surface area contributed by atoms with E-state index in [-0.39, 0.29) is 6.54 Å². The van der Waals surface area contributed by atoms with Crippen LogP contribution in [0.5, 0.6) is 0 Å². The van der Waals surface area contributed by atoms with Gasteiger partial charge in [-0.3, -0.25) is 9.48 Å². The lowest BCUT2D eigenvalue weighted by atomic mass is 10.1. The van der Waals surface area contributed by atoms with Crippen molar-refractivity contribution < 1.29 is 4.79 Å². The van der Waals surface area contributed by atoms with Gasteiger partial charge in [-0.15, -0.1) is 0 Å². The highest BCUT2D eigenvalue weighted by atomic mass is 16.1. The molecule has 0 aliphatic rings. The van der Waals surface area contributed by atoms with Crippen LogP contribution < -0.4 is 11.1 Å². The predicted octanol–water partition coefficient (Wildman–Crippen LogP) is 1.60. The lowest BCUT2D eigenvalue weighted by Crippen LogP contribution is -2.18. The number of carbonyl (C=O) groups is 1. The van der Waals surface area contributed by atoms with Gasteiger partial charge < -0.3 is 11.1 Å². The van der Waals surface area contributed by atoms with E-state index in [4.69, 9.17) is 5.73 Å². The van der Waals surface area contributed by atoms with Gasteiger partial charge in [0.05, 0.1) is 11.9 Å². The first-order valence-electron chi connectivity index (χ1n) is 6.15. The molecule has 0 aliphatic carbocycles. The predicted molar refractivity (Wildman–Crippen MR) is 74.7 cm³/mol. The van der Waals surface area contributed by atoms with Gasteiger partial charge in [-0.05, 0) is 25.0 Å². The third-order valence-electron chi connectivity index (χ3n) is 2.93. The number of hydrogen-bond acceptors (Lipinski definition) is 3. The van der Waals surface area contributed by atoms with Crippen LogP contribution in [0.15, 0.2) is 30.6 Å². The van der Waals surface area contributed by atoms with Gasteiger partial charge in [0, 0.05) is 12.7 Å². The number of aromatic nitrogens is 2. The highest BCUT2D eigenvalue weighted by Crippen LogP contribution is 2.13. The zero-order valence-corrected chi connectivity index (χ0v) is 11.2. The first-order valence-corrected chi connectivity index (χ1v) is 6.15. The Morgan fingerprint density at radius 3 is 2.89 bits per heavy atom. The van der Waals surface area contributed by atoms with Crippen LogP contribution >= 0.6 is 0 Å². The molecule has 0 saturated carbocycles. The van der Waals surface area contributed by atoms with Gasteiger partial charge in [-0.25, -0.2) is 0 Å². The van der Waals surface area contributed by atoms with Crippen LogP contribution in [0.2, 0.25) is 0 Å². The Kier molecular flexibility index (Phi) is 3.85. The normalized spacial score (nSPS) is 10.4. The molecular formula is C14H18N4O. The van der Waals surface area contributed by atoms with Crippen LogP contribution in [0.25, 0.3) is 0 Å². The van der Waals surface area contributed by atoms with E-state index < -0.39 is 5.91 Å². The molecule has 5 nitrogen and oxygen atoms in total. The SMILES string of the molecule is Cc1ccc(CNc2cnn(CC(N)=O)c2)c(C)c1. The average molecular weight is 258 g/mol. The summed E-state index contributed by atoms with van der Waals surface area (Å²) in [6.45, 7) is 5.01. The molecular weight excluding hydrogens is 240 g/mol. The molecule has 1 aromatic carbocycles. The van der Waals surface area contributed by atoms with E-state index in [1.165, 1.54) is 21.4 Å². The Morgan fingerprint density at radius 1 is 1.42 bits per heavy atom. The van der Waals surface area contributed by atoms with Crippen molar-refractivity contribution in [1.29, 1.82) is 0 Å². The summed E-state index contributed by atoms with van der Waals surface area (Å²) in [6, 6.07) is 6.37. The smallest absolute Gasteiger partial charge is 0.239 e. The Balaban J connectivity index is 1.98. The number of benzene rings is 1. The first-order chi connectivity index (χ1) is 9.04. The second kappa shape index (κ2) is 5.56. The monoisotopic (exact) mass is 258 g/mol. The summed E-state index contributed by atoms with van der Waals surface area (Å²) in [5.41, 5.74) is 9.75. The van der Waals surface area contributed by atoms with Crippen molar-refractivity contribution in [3.8, 4) is 0 Å². The number of aryl methyl sites for hydroxylation is 2. The van der Waals surface area contributed by atoms with Gasteiger partial charge in [0.1, 0.15) is 6.54 Å². The van der Waals surface area contributed by atoms with E-state index in [1.54, 1.807) is 12.4 Å². The largest absolute Gasteiger partial charge is 0.378 e. The summed E-state index contributed by atoms with van der Waals surface area (Å²) in [7, 11) is 0. The molecule has 0 unspecified atom stereocenters. The molecule has 100 valence electrons. The van der Waals surface area contributed by atoms with Gasteiger partial charge >= 0.3 is 0 Å². The number of primary amides is 1. The zero-order valence-electron chi connectivity index (χ0n) is 11.2. The van der Waals surface area contributed by atoms with Crippen molar-refractivity contribution in [2.24, 2.45) is 5.73 Å². The molecule has 1 amide bonds. The van der Waals surface area contributed by atoms with E-state index >= 15 is 0 Å². The summed E-state index contributed by atoms with van der Waals surface area (Å²) >= 11 is 0. The highest BCUT2D eigenvalue weighted by Gasteiger charge is 2.02. The number of rotatable bonds is 5. The Morgan fingerprint density at radius 2 is 2.21 bits per heavy atom. The number of nitrogens with one attached hydrogen (secondary N) is 1. The van der Waals surface area contributed by atoms with Crippen LogP contribution in [0.4, 0.5) is 5.69 Å². The maximum atomic E-state index is 10.8. The molecule has 2 aromatic rings. The summed E-state index contributed by atoms with van der Waals surface area (Å²) in [6.07, 6.45) is 3.46. The fraction of sp³-hybridized carbons (Fsp3) is 0.286. The zero-order chi connectivity index (χ0) is 13.8. The topological polar surface area (TPSA) is 72.9 Å². The highest BCUT2D eigenvalue weighted by molar-refractivity contribution is 5.73. The maximum Gasteiger partial charge on any atom is 0.239 e. The number of amides is 1. The van der Waals surface area contributed by atoms with Crippen molar-refractivity contribution in [2.75, 3.05) is 5.32 Å². The standard InChI is InChI=1S/C14H18N4O/c1-10-3-4-12(11(2)5-10)6-16-13-7-17-18(8-13)9-14(15)19/h3-5,7-8,16H,6,9H2,1-2H3,(H2,15,19). The molecule has 0 atom stereocenters. The van der Waals surface area contributed by atoms with Crippen molar-refractivity contribution in [1.82, 2.24) is 9.78 Å². The lowest BCUT2D eigenvalue weighted by molar-refractivity contribution is -0.118. The molecule has 1 aromatic heterocycles. The van der Waals surface area contributed by atoms with Gasteiger partial charge in [0.2, 0.25) is 5.91 Å². The first kappa shape index (κ1) is 13.1. The molecule has 1 heterocycles. The fourth-order valence-corrected chi connectivity index (χ4v) is 1.94. The van der Waals surface area contributed by atoms with E-state index in [0.717, 1.165) is 12.2 Å². The van der Waals surface area contributed by atoms with Crippen LogP contribution in [-0.4, -0.2) is 15.7 Å². The van der Waals surface area contributed by atoms with Crippen molar-refractivity contribution in [3.05, 3.63) is 47.3 Å². The van der Waals surface area contributed by atoms with Crippen molar-refractivity contribution in [3.63, 3.8) is 0 Å². The Bertz CT molecular complexity index is 589. The number of carbonyl (C=O) groups excluding carboxylic acids is 1. The van der Waals surface area contributed by atoms with Gasteiger partial charge in [0.15, 0.2) is 0 Å². The van der Waals surface area contributed by atoms with Gasteiger partial charge in [-0.2, -0.15) is 5.10 Å². The minimum absolute atomic E-state index is 0.102. The summed E-state index contributed by atoms with van der Waals surface area (Å²) in [4.78, 5) is 10.8. The number of nitrogens with zero attached hydrogens (tertiary/aromatic N) is 2. The number of anilines is 1. The van der Waals surface area contributed by atoms with E-state index in [9.17, 15) is 4.79 Å². The van der Waals surface area contributed by atoms with Crippen LogP contribution in [0.3, 0.4) is 0 Å². The molecule has 2 rings (SSSR count). The van der Waals surface area contributed by atoms with E-state index in [1.807, 2.05) is 0 Å². The third-order valence-corrected chi connectivity index (χ3v) is 2.93. The number of nitrogens with two attached hydrogens (primary N) is 1. The van der Waals surface area contributed by atoms with E-state index in [0.29, 0.717) is 0 Å². The Hall–Kier alpha value is -2.30. The summed E-state index contributed by atoms with van der Waals surface area (Å²) in [5, 5.41) is 7.34. The average Bonchev–Trinajstić information content (AvgIpc) is 2.74. The quantitative estimate of drug-likeness (QED) is 0.855. The minimum atomic E-state index is -0.399. The van der Waals surface area contributed by atoms with Crippen LogP contribution in [-0.2, 0) is 17.9 Å². The maximum absolute atomic E-state index is 10.8. The molecule has 0 radical (unpaired) electrons. The lowest BCUT2D eigenvalue weighted by Gasteiger charge is -2.08. The second-order valence-corrected chi connectivity index (χ2v) is 4.68. The molecule has 0 aliphatic heterocycles. The number of hydrogen-bond donors (Lipinski definition) is 2. The summed E-state index contributed by atoms with van der Waals surface area (Å²) < 4.78 is 1.52. The molecule has 0 saturated heterocycles. The van der Waals surface area contributed by atoms with Crippen molar-refractivity contribution in [2.45, 2.75) is 26.9 Å². The second-order valence-electron chi connectivity index (χ2n) is 4.68. The summed E-state index contributed by atoms with van der Waals surface area (Å²) in [5.74, 6) is -0.399. The molecule has 5 heteroatoms. The minimum Gasteiger partial charge on any atom is -0.378 e. The van der Waals surface area contributed by atoms with Crippen LogP contribution in [0.1, 0.15) is 16.7 Å². The fourth-order valence-electron chi connectivity index (χ4n) is 1.94. The molecule has 0 bridgehead atoms. The molecule has 19 heavy (non-hydrogen) atoms. The van der Waals surface area contributed by atoms with Gasteiger partial charge in [0.25, 0.3) is 0 Å². The molecule has 3 N–H and O–H groups in total.